The minimum atomic E-state index is -0.0780. The Balaban J connectivity index is 2.40. The van der Waals surface area contributed by atoms with E-state index < -0.39 is 0 Å². The van der Waals surface area contributed by atoms with Gasteiger partial charge in [-0.2, -0.15) is 0 Å². The normalized spacial score (nSPS) is 22.2. The van der Waals surface area contributed by atoms with E-state index in [4.69, 9.17) is 4.74 Å². The van der Waals surface area contributed by atoms with E-state index >= 15 is 0 Å². The first-order valence-electron chi connectivity index (χ1n) is 4.59. The molecule has 0 spiro atoms. The van der Waals surface area contributed by atoms with Crippen LogP contribution in [0.4, 0.5) is 0 Å². The molecule has 0 amide bonds. The zero-order valence-corrected chi connectivity index (χ0v) is 8.14. The Hall–Kier alpha value is -1.05. The molecular formula is C11H16O2. The number of hydrogen-bond acceptors (Lipinski definition) is 2. The van der Waals surface area contributed by atoms with Gasteiger partial charge in [-0.05, 0) is 25.7 Å². The van der Waals surface area contributed by atoms with Crippen molar-refractivity contribution in [1.82, 2.24) is 0 Å². The lowest BCUT2D eigenvalue weighted by Gasteiger charge is -2.21. The lowest BCUT2D eigenvalue weighted by Crippen LogP contribution is -2.21. The summed E-state index contributed by atoms with van der Waals surface area (Å²) in [6.07, 6.45) is 2.37. The molecule has 1 fully saturated rings. The molecule has 1 saturated heterocycles. The van der Waals surface area contributed by atoms with E-state index in [0.717, 1.165) is 24.0 Å². The van der Waals surface area contributed by atoms with Gasteiger partial charge in [-0.15, -0.1) is 0 Å². The van der Waals surface area contributed by atoms with Crippen molar-refractivity contribution in [3.63, 3.8) is 0 Å². The topological polar surface area (TPSA) is 26.3 Å². The maximum Gasteiger partial charge on any atom is 0.306 e. The average molecular weight is 180 g/mol. The lowest BCUT2D eigenvalue weighted by atomic mass is 9.90. The van der Waals surface area contributed by atoms with Crippen molar-refractivity contribution in [2.75, 3.05) is 6.61 Å². The van der Waals surface area contributed by atoms with Gasteiger partial charge in [0.25, 0.3) is 0 Å². The number of hydrogen-bond donors (Lipinski definition) is 0. The van der Waals surface area contributed by atoms with Crippen molar-refractivity contribution in [2.24, 2.45) is 5.92 Å². The highest BCUT2D eigenvalue weighted by molar-refractivity contribution is 5.70. The highest BCUT2D eigenvalue weighted by Crippen LogP contribution is 2.25. The van der Waals surface area contributed by atoms with Crippen molar-refractivity contribution in [2.45, 2.75) is 26.2 Å². The number of esters is 1. The molecular weight excluding hydrogens is 164 g/mol. The average Bonchev–Trinajstić information content (AvgIpc) is 2.04. The van der Waals surface area contributed by atoms with Crippen LogP contribution in [0, 0.1) is 5.92 Å². The molecule has 2 heteroatoms. The summed E-state index contributed by atoms with van der Waals surface area (Å²) in [7, 11) is 0. The number of carbonyl (C=O) groups is 1. The van der Waals surface area contributed by atoms with Gasteiger partial charge in [0, 0.05) is 6.42 Å². The predicted octanol–water partition coefficient (Wildman–Crippen LogP) is 2.46. The molecule has 1 aliphatic rings. The van der Waals surface area contributed by atoms with Crippen molar-refractivity contribution >= 4 is 5.97 Å². The fourth-order valence-electron chi connectivity index (χ4n) is 1.43. The van der Waals surface area contributed by atoms with E-state index in [2.05, 4.69) is 13.2 Å². The Morgan fingerprint density at radius 2 is 2.31 bits per heavy atom. The first-order chi connectivity index (χ1) is 6.09. The summed E-state index contributed by atoms with van der Waals surface area (Å²) in [6.45, 7) is 10.3. The van der Waals surface area contributed by atoms with Crippen LogP contribution in [0.25, 0.3) is 0 Å². The Kier molecular flexibility index (Phi) is 3.29. The molecule has 0 aliphatic carbocycles. The van der Waals surface area contributed by atoms with Crippen LogP contribution in [0.5, 0.6) is 0 Å². The van der Waals surface area contributed by atoms with Gasteiger partial charge in [0.1, 0.15) is 0 Å². The van der Waals surface area contributed by atoms with Crippen LogP contribution < -0.4 is 0 Å². The van der Waals surface area contributed by atoms with Gasteiger partial charge < -0.3 is 4.74 Å². The Morgan fingerprint density at radius 1 is 1.62 bits per heavy atom. The van der Waals surface area contributed by atoms with Crippen LogP contribution in [-0.4, -0.2) is 12.6 Å². The van der Waals surface area contributed by atoms with Crippen LogP contribution in [0.15, 0.2) is 24.3 Å². The molecule has 1 heterocycles. The smallest absolute Gasteiger partial charge is 0.306 e. The van der Waals surface area contributed by atoms with Crippen LogP contribution in [0.1, 0.15) is 26.2 Å². The lowest BCUT2D eigenvalue weighted by molar-refractivity contribution is -0.149. The van der Waals surface area contributed by atoms with Crippen molar-refractivity contribution in [3.05, 3.63) is 24.3 Å². The van der Waals surface area contributed by atoms with E-state index in [1.54, 1.807) is 0 Å². The first kappa shape index (κ1) is 10.0. The van der Waals surface area contributed by atoms with E-state index in [1.807, 2.05) is 6.92 Å². The Bertz CT molecular complexity index is 240. The predicted molar refractivity (Wildman–Crippen MR) is 52.3 cm³/mol. The zero-order valence-electron chi connectivity index (χ0n) is 8.14. The molecule has 0 aromatic heterocycles. The second kappa shape index (κ2) is 4.26. The molecule has 72 valence electrons. The number of cyclic esters (lactones) is 1. The van der Waals surface area contributed by atoms with E-state index in [-0.39, 0.29) is 5.97 Å². The largest absolute Gasteiger partial charge is 0.466 e. The molecule has 13 heavy (non-hydrogen) atoms. The van der Waals surface area contributed by atoms with Gasteiger partial charge in [-0.1, -0.05) is 24.3 Å². The third-order valence-corrected chi connectivity index (χ3v) is 2.38. The van der Waals surface area contributed by atoms with Gasteiger partial charge in [0.15, 0.2) is 0 Å². The number of carbonyl (C=O) groups excluding carboxylic acids is 1. The summed E-state index contributed by atoms with van der Waals surface area (Å²) >= 11 is 0. The van der Waals surface area contributed by atoms with Gasteiger partial charge in [0.05, 0.1) is 6.61 Å². The third-order valence-electron chi connectivity index (χ3n) is 2.38. The second-order valence-corrected chi connectivity index (χ2v) is 3.67. The molecule has 1 unspecified atom stereocenters. The van der Waals surface area contributed by atoms with Gasteiger partial charge in [0.2, 0.25) is 0 Å². The highest BCUT2D eigenvalue weighted by Gasteiger charge is 2.21. The molecule has 0 saturated carbocycles. The molecule has 0 aromatic rings. The zero-order chi connectivity index (χ0) is 9.84. The number of allylic oxidation sites excluding steroid dienone is 2. The van der Waals surface area contributed by atoms with Crippen molar-refractivity contribution in [3.8, 4) is 0 Å². The third kappa shape index (κ3) is 3.05. The fourth-order valence-corrected chi connectivity index (χ4v) is 1.43. The molecule has 1 rings (SSSR count). The van der Waals surface area contributed by atoms with Crippen LogP contribution >= 0.6 is 0 Å². The fraction of sp³-hybridized carbons (Fsp3) is 0.545. The quantitative estimate of drug-likeness (QED) is 0.492. The molecule has 0 bridgehead atoms. The Morgan fingerprint density at radius 3 is 2.85 bits per heavy atom. The molecule has 1 aliphatic heterocycles. The summed E-state index contributed by atoms with van der Waals surface area (Å²) in [5.74, 6) is 0.330. The monoisotopic (exact) mass is 180 g/mol. The van der Waals surface area contributed by atoms with E-state index in [9.17, 15) is 4.79 Å². The SMILES string of the molecule is C=C(C)C(=C)CC1CCOC(=O)C1. The van der Waals surface area contributed by atoms with Gasteiger partial charge in [-0.3, -0.25) is 4.79 Å². The minimum Gasteiger partial charge on any atom is -0.466 e. The van der Waals surface area contributed by atoms with Crippen LogP contribution in [0.3, 0.4) is 0 Å². The number of ether oxygens (including phenoxy) is 1. The summed E-state index contributed by atoms with van der Waals surface area (Å²) in [6, 6.07) is 0. The Labute approximate surface area is 79.3 Å². The highest BCUT2D eigenvalue weighted by atomic mass is 16.5. The summed E-state index contributed by atoms with van der Waals surface area (Å²) in [5, 5.41) is 0. The summed E-state index contributed by atoms with van der Waals surface area (Å²) < 4.78 is 4.86. The second-order valence-electron chi connectivity index (χ2n) is 3.67. The maximum absolute atomic E-state index is 11.0. The summed E-state index contributed by atoms with van der Waals surface area (Å²) in [5.41, 5.74) is 2.07. The standard InChI is InChI=1S/C11H16O2/c1-8(2)9(3)6-10-4-5-13-11(12)7-10/h10H,1,3-7H2,2H3. The molecule has 0 aromatic carbocycles. The molecule has 0 N–H and O–H groups in total. The first-order valence-corrected chi connectivity index (χ1v) is 4.59. The van der Waals surface area contributed by atoms with Crippen LogP contribution in [-0.2, 0) is 9.53 Å². The van der Waals surface area contributed by atoms with Crippen LogP contribution in [0.2, 0.25) is 0 Å². The minimum absolute atomic E-state index is 0.0780. The summed E-state index contributed by atoms with van der Waals surface area (Å²) in [4.78, 5) is 11.0. The molecule has 1 atom stereocenters. The maximum atomic E-state index is 11.0. The number of rotatable bonds is 3. The van der Waals surface area contributed by atoms with Gasteiger partial charge in [-0.25, -0.2) is 0 Å². The van der Waals surface area contributed by atoms with E-state index in [1.165, 1.54) is 0 Å². The van der Waals surface area contributed by atoms with Gasteiger partial charge >= 0.3 is 5.97 Å². The molecule has 2 nitrogen and oxygen atoms in total. The van der Waals surface area contributed by atoms with Crippen molar-refractivity contribution < 1.29 is 9.53 Å². The molecule has 0 radical (unpaired) electrons. The van der Waals surface area contributed by atoms with E-state index in [0.29, 0.717) is 18.9 Å². The van der Waals surface area contributed by atoms with Crippen molar-refractivity contribution in [1.29, 1.82) is 0 Å².